The van der Waals surface area contributed by atoms with Crippen LogP contribution in [0.1, 0.15) is 26.7 Å². The number of carbonyl (C=O) groups excluding carboxylic acids is 1. The second-order valence-electron chi connectivity index (χ2n) is 5.33. The number of hydrogen-bond acceptors (Lipinski definition) is 4. The van der Waals surface area contributed by atoms with Crippen molar-refractivity contribution in [3.05, 3.63) is 0 Å². The van der Waals surface area contributed by atoms with Crippen LogP contribution in [0.15, 0.2) is 0 Å². The lowest BCUT2D eigenvalue weighted by Crippen LogP contribution is -2.46. The largest absolute Gasteiger partial charge is 0.481 e. The molecule has 0 bridgehead atoms. The van der Waals surface area contributed by atoms with Gasteiger partial charge in [-0.2, -0.15) is 0 Å². The predicted molar refractivity (Wildman–Crippen MR) is 64.2 cm³/mol. The fourth-order valence-electron chi connectivity index (χ4n) is 1.76. The summed E-state index contributed by atoms with van der Waals surface area (Å²) in [6, 6.07) is 0. The molecule has 1 unspecified atom stereocenters. The summed E-state index contributed by atoms with van der Waals surface area (Å²) in [6.07, 6.45) is 0.676. The van der Waals surface area contributed by atoms with Crippen molar-refractivity contribution in [1.29, 1.82) is 0 Å². The van der Waals surface area contributed by atoms with Gasteiger partial charge < -0.3 is 19.9 Å². The minimum atomic E-state index is -1.06. The van der Waals surface area contributed by atoms with Gasteiger partial charge in [0.2, 0.25) is 5.91 Å². The second kappa shape index (κ2) is 5.67. The van der Waals surface area contributed by atoms with E-state index in [4.69, 9.17) is 14.6 Å². The number of carboxylic acid groups (broad SMARTS) is 1. The summed E-state index contributed by atoms with van der Waals surface area (Å²) in [5.74, 6) is -1.27. The number of carbonyl (C=O) groups is 2. The molecule has 1 saturated heterocycles. The molecule has 0 aromatic rings. The van der Waals surface area contributed by atoms with E-state index >= 15 is 0 Å². The van der Waals surface area contributed by atoms with Crippen LogP contribution in [0.4, 0.5) is 0 Å². The first-order chi connectivity index (χ1) is 8.31. The van der Waals surface area contributed by atoms with E-state index in [0.717, 1.165) is 6.42 Å². The highest BCUT2D eigenvalue weighted by Gasteiger charge is 2.36. The molecule has 1 aliphatic rings. The molecule has 0 aromatic heterocycles. The first-order valence-electron chi connectivity index (χ1n) is 5.94. The van der Waals surface area contributed by atoms with Gasteiger partial charge in [0.15, 0.2) is 0 Å². The van der Waals surface area contributed by atoms with E-state index in [9.17, 15) is 9.59 Å². The number of amides is 1. The molecular weight excluding hydrogens is 238 g/mol. The first kappa shape index (κ1) is 14.9. The minimum absolute atomic E-state index is 0.0526. The van der Waals surface area contributed by atoms with E-state index in [1.54, 1.807) is 7.11 Å². The third-order valence-electron chi connectivity index (χ3n) is 3.29. The number of methoxy groups -OCH3 is 1. The maximum atomic E-state index is 11.7. The number of ether oxygens (including phenoxy) is 2. The van der Waals surface area contributed by atoms with E-state index in [2.05, 4.69) is 5.32 Å². The smallest absolute Gasteiger partial charge is 0.309 e. The van der Waals surface area contributed by atoms with E-state index in [0.29, 0.717) is 19.8 Å². The molecule has 2 N–H and O–H groups in total. The maximum Gasteiger partial charge on any atom is 0.309 e. The van der Waals surface area contributed by atoms with Crippen molar-refractivity contribution in [2.24, 2.45) is 5.41 Å². The number of hydrogen-bond donors (Lipinski definition) is 2. The van der Waals surface area contributed by atoms with Crippen LogP contribution in [0.2, 0.25) is 0 Å². The van der Waals surface area contributed by atoms with Crippen LogP contribution in [0.5, 0.6) is 0 Å². The Hall–Kier alpha value is -1.14. The van der Waals surface area contributed by atoms with Crippen LogP contribution in [0, 0.1) is 5.41 Å². The van der Waals surface area contributed by atoms with Gasteiger partial charge in [-0.05, 0) is 13.8 Å². The van der Waals surface area contributed by atoms with Crippen molar-refractivity contribution in [2.75, 3.05) is 26.9 Å². The Bertz CT molecular complexity index is 320. The van der Waals surface area contributed by atoms with Crippen molar-refractivity contribution in [2.45, 2.75) is 32.3 Å². The molecule has 0 saturated carbocycles. The van der Waals surface area contributed by atoms with E-state index in [1.807, 2.05) is 0 Å². The fraction of sp³-hybridized carbons (Fsp3) is 0.833. The van der Waals surface area contributed by atoms with Gasteiger partial charge in [0, 0.05) is 33.1 Å². The quantitative estimate of drug-likeness (QED) is 0.721. The molecule has 1 rings (SSSR count). The van der Waals surface area contributed by atoms with Gasteiger partial charge in [-0.15, -0.1) is 0 Å². The molecule has 104 valence electrons. The number of aliphatic carboxylic acids is 1. The number of nitrogens with one attached hydrogen (secondary N) is 1. The van der Waals surface area contributed by atoms with E-state index in [-0.39, 0.29) is 12.3 Å². The van der Waals surface area contributed by atoms with Crippen molar-refractivity contribution >= 4 is 11.9 Å². The Morgan fingerprint density at radius 1 is 1.50 bits per heavy atom. The van der Waals surface area contributed by atoms with Crippen LogP contribution >= 0.6 is 0 Å². The summed E-state index contributed by atoms with van der Waals surface area (Å²) in [4.78, 5) is 22.6. The summed E-state index contributed by atoms with van der Waals surface area (Å²) < 4.78 is 10.6. The maximum absolute atomic E-state index is 11.7. The Kier molecular flexibility index (Phi) is 4.70. The second-order valence-corrected chi connectivity index (χ2v) is 5.33. The molecule has 0 aliphatic carbocycles. The Morgan fingerprint density at radius 2 is 2.17 bits per heavy atom. The summed E-state index contributed by atoms with van der Waals surface area (Å²) in [5, 5.41) is 11.7. The summed E-state index contributed by atoms with van der Waals surface area (Å²) in [6.45, 7) is 4.47. The molecule has 1 atom stereocenters. The van der Waals surface area contributed by atoms with Gasteiger partial charge in [-0.3, -0.25) is 9.59 Å². The van der Waals surface area contributed by atoms with Crippen molar-refractivity contribution in [3.63, 3.8) is 0 Å². The van der Waals surface area contributed by atoms with Gasteiger partial charge >= 0.3 is 5.97 Å². The molecule has 1 amide bonds. The fourth-order valence-corrected chi connectivity index (χ4v) is 1.76. The average Bonchev–Trinajstić information content (AvgIpc) is 2.75. The topological polar surface area (TPSA) is 84.9 Å². The zero-order valence-corrected chi connectivity index (χ0v) is 11.1. The molecule has 0 aromatic carbocycles. The van der Waals surface area contributed by atoms with Gasteiger partial charge in [-0.25, -0.2) is 0 Å². The molecule has 1 fully saturated rings. The lowest BCUT2D eigenvalue weighted by Gasteiger charge is -2.26. The summed E-state index contributed by atoms with van der Waals surface area (Å²) >= 11 is 0. The molecule has 1 heterocycles. The van der Waals surface area contributed by atoms with Crippen LogP contribution in [-0.2, 0) is 19.1 Å². The molecule has 6 heteroatoms. The molecule has 0 spiro atoms. The Morgan fingerprint density at radius 3 is 2.61 bits per heavy atom. The highest BCUT2D eigenvalue weighted by molar-refractivity contribution is 5.84. The van der Waals surface area contributed by atoms with Crippen LogP contribution < -0.4 is 5.32 Å². The van der Waals surface area contributed by atoms with Gasteiger partial charge in [0.1, 0.15) is 5.60 Å². The van der Waals surface area contributed by atoms with E-state index in [1.165, 1.54) is 13.8 Å². The monoisotopic (exact) mass is 259 g/mol. The Balaban J connectivity index is 2.44. The normalized spacial score (nSPS) is 23.9. The average molecular weight is 259 g/mol. The van der Waals surface area contributed by atoms with Gasteiger partial charge in [-0.1, -0.05) is 0 Å². The summed E-state index contributed by atoms with van der Waals surface area (Å²) in [5.41, 5.74) is -1.53. The number of rotatable bonds is 6. The van der Waals surface area contributed by atoms with Crippen molar-refractivity contribution in [1.82, 2.24) is 5.32 Å². The van der Waals surface area contributed by atoms with Gasteiger partial charge in [0.25, 0.3) is 0 Å². The van der Waals surface area contributed by atoms with Crippen molar-refractivity contribution < 1.29 is 24.2 Å². The molecule has 0 radical (unpaired) electrons. The van der Waals surface area contributed by atoms with Gasteiger partial charge in [0.05, 0.1) is 12.0 Å². The Labute approximate surface area is 107 Å². The highest BCUT2D eigenvalue weighted by atomic mass is 16.5. The zero-order chi connectivity index (χ0) is 13.8. The van der Waals surface area contributed by atoms with Crippen molar-refractivity contribution in [3.8, 4) is 0 Å². The molecule has 6 nitrogen and oxygen atoms in total. The summed E-state index contributed by atoms with van der Waals surface area (Å²) in [7, 11) is 1.59. The minimum Gasteiger partial charge on any atom is -0.481 e. The first-order valence-corrected chi connectivity index (χ1v) is 5.94. The third kappa shape index (κ3) is 3.68. The SMILES string of the molecule is COC1(CNC(=O)CC(C)(C)C(=O)O)CCOC1. The third-order valence-corrected chi connectivity index (χ3v) is 3.29. The molecule has 18 heavy (non-hydrogen) atoms. The molecule has 1 aliphatic heterocycles. The molecular formula is C12H21NO5. The van der Waals surface area contributed by atoms with Crippen LogP contribution in [0.3, 0.4) is 0 Å². The highest BCUT2D eigenvalue weighted by Crippen LogP contribution is 2.23. The lowest BCUT2D eigenvalue weighted by molar-refractivity contribution is -0.149. The van der Waals surface area contributed by atoms with E-state index < -0.39 is 17.0 Å². The predicted octanol–water partition coefficient (Wildman–Crippen LogP) is 0.409. The van der Waals surface area contributed by atoms with Crippen LogP contribution in [-0.4, -0.2) is 49.5 Å². The lowest BCUT2D eigenvalue weighted by atomic mass is 9.89. The number of carboxylic acids is 1. The van der Waals surface area contributed by atoms with Crippen LogP contribution in [0.25, 0.3) is 0 Å². The zero-order valence-electron chi connectivity index (χ0n) is 11.1. The standard InChI is InChI=1S/C12H21NO5/c1-11(2,10(15)16)6-9(14)13-7-12(17-3)4-5-18-8-12/h4-8H2,1-3H3,(H,13,14)(H,15,16).